The van der Waals surface area contributed by atoms with E-state index in [2.05, 4.69) is 9.71 Å². The number of fused-ring (bicyclic) bond motifs is 1. The van der Waals surface area contributed by atoms with Gasteiger partial charge in [-0.3, -0.25) is 24.2 Å². The van der Waals surface area contributed by atoms with E-state index in [0.717, 1.165) is 16.0 Å². The number of carbonyl (C=O) groups excluding carboxylic acids is 2. The van der Waals surface area contributed by atoms with E-state index in [1.54, 1.807) is 42.5 Å². The van der Waals surface area contributed by atoms with E-state index in [0.29, 0.717) is 22.7 Å². The Kier molecular flexibility index (Phi) is 5.51. The summed E-state index contributed by atoms with van der Waals surface area (Å²) in [6.45, 7) is 2.04. The van der Waals surface area contributed by atoms with Crippen LogP contribution in [0.1, 0.15) is 32.0 Å². The van der Waals surface area contributed by atoms with E-state index >= 15 is 0 Å². The van der Waals surface area contributed by atoms with Crippen molar-refractivity contribution in [3.63, 3.8) is 0 Å². The molecule has 4 rings (SSSR count). The van der Waals surface area contributed by atoms with Gasteiger partial charge in [0.2, 0.25) is 0 Å². The molecular formula is C22H18ClN3O4S. The Hall–Kier alpha value is -3.23. The fourth-order valence-corrected chi connectivity index (χ4v) is 4.72. The number of sulfonamides is 1. The van der Waals surface area contributed by atoms with Gasteiger partial charge in [-0.2, -0.15) is 0 Å². The van der Waals surface area contributed by atoms with Crippen molar-refractivity contribution >= 4 is 39.1 Å². The maximum Gasteiger partial charge on any atom is 0.280 e. The van der Waals surface area contributed by atoms with Crippen molar-refractivity contribution < 1.29 is 18.0 Å². The smallest absolute Gasteiger partial charge is 0.278 e. The number of nitrogens with one attached hydrogen (secondary N) is 1. The molecule has 0 spiro atoms. The van der Waals surface area contributed by atoms with Crippen LogP contribution in [0.5, 0.6) is 0 Å². The van der Waals surface area contributed by atoms with Crippen LogP contribution in [0.4, 0.5) is 5.69 Å². The second kappa shape index (κ2) is 8.13. The van der Waals surface area contributed by atoms with Crippen LogP contribution in [0.2, 0.25) is 5.02 Å². The molecule has 31 heavy (non-hydrogen) atoms. The highest BCUT2D eigenvalue weighted by Gasteiger charge is 2.36. The largest absolute Gasteiger partial charge is 0.280 e. The van der Waals surface area contributed by atoms with Gasteiger partial charge in [0.15, 0.2) is 0 Å². The molecule has 0 aliphatic carbocycles. The number of anilines is 1. The Balaban J connectivity index is 1.44. The summed E-state index contributed by atoms with van der Waals surface area (Å²) in [6.07, 6.45) is 1.87. The molecular weight excluding hydrogens is 438 g/mol. The lowest BCUT2D eigenvalue weighted by Gasteiger charge is -2.14. The van der Waals surface area contributed by atoms with E-state index in [9.17, 15) is 18.0 Å². The maximum absolute atomic E-state index is 12.7. The lowest BCUT2D eigenvalue weighted by Crippen LogP contribution is -2.31. The van der Waals surface area contributed by atoms with Gasteiger partial charge in [0.1, 0.15) is 5.69 Å². The molecule has 0 bridgehead atoms. The van der Waals surface area contributed by atoms with Gasteiger partial charge < -0.3 is 0 Å². The van der Waals surface area contributed by atoms with Gasteiger partial charge in [-0.1, -0.05) is 29.8 Å². The number of imide groups is 1. The maximum atomic E-state index is 12.7. The molecule has 1 N–H and O–H groups in total. The minimum absolute atomic E-state index is 0.0813. The van der Waals surface area contributed by atoms with Crippen LogP contribution in [0.25, 0.3) is 0 Å². The van der Waals surface area contributed by atoms with Crippen LogP contribution in [-0.4, -0.2) is 36.7 Å². The minimum atomic E-state index is -3.81. The van der Waals surface area contributed by atoms with Crippen LogP contribution in [0.15, 0.2) is 65.7 Å². The Bertz CT molecular complexity index is 1260. The molecule has 7 nitrogen and oxygen atoms in total. The fourth-order valence-electron chi connectivity index (χ4n) is 3.30. The number of aromatic nitrogens is 1. The van der Waals surface area contributed by atoms with Crippen molar-refractivity contribution in [1.82, 2.24) is 9.88 Å². The molecule has 158 valence electrons. The number of pyridine rings is 1. The quantitative estimate of drug-likeness (QED) is 0.572. The van der Waals surface area contributed by atoms with E-state index in [1.165, 1.54) is 18.3 Å². The molecule has 0 saturated heterocycles. The summed E-state index contributed by atoms with van der Waals surface area (Å²) < 4.78 is 27.8. The summed E-state index contributed by atoms with van der Waals surface area (Å²) in [4.78, 5) is 30.0. The zero-order chi connectivity index (χ0) is 22.2. The number of benzene rings is 2. The molecule has 1 aliphatic heterocycles. The van der Waals surface area contributed by atoms with Crippen molar-refractivity contribution in [2.24, 2.45) is 0 Å². The molecule has 0 fully saturated rings. The number of aryl methyl sites for hydroxylation is 1. The molecule has 0 atom stereocenters. The zero-order valence-corrected chi connectivity index (χ0v) is 18.1. The third kappa shape index (κ3) is 4.17. The van der Waals surface area contributed by atoms with Gasteiger partial charge in [-0.15, -0.1) is 0 Å². The summed E-state index contributed by atoms with van der Waals surface area (Å²) in [7, 11) is -3.81. The highest BCUT2D eigenvalue weighted by atomic mass is 35.5. The molecule has 2 heterocycles. The lowest BCUT2D eigenvalue weighted by atomic mass is 10.1. The van der Waals surface area contributed by atoms with Crippen LogP contribution in [0.3, 0.4) is 0 Å². The monoisotopic (exact) mass is 455 g/mol. The molecule has 0 unspecified atom stereocenters. The molecule has 0 saturated carbocycles. The Labute approximate surface area is 184 Å². The zero-order valence-electron chi connectivity index (χ0n) is 16.5. The van der Waals surface area contributed by atoms with Crippen molar-refractivity contribution in [3.05, 3.63) is 88.2 Å². The van der Waals surface area contributed by atoms with Crippen LogP contribution in [-0.2, 0) is 16.4 Å². The van der Waals surface area contributed by atoms with Crippen molar-refractivity contribution in [1.29, 1.82) is 0 Å². The van der Waals surface area contributed by atoms with Gasteiger partial charge >= 0.3 is 0 Å². The van der Waals surface area contributed by atoms with Crippen molar-refractivity contribution in [3.8, 4) is 0 Å². The molecule has 0 radical (unpaired) electrons. The summed E-state index contributed by atoms with van der Waals surface area (Å²) in [6, 6.07) is 14.5. The molecule has 1 aliphatic rings. The van der Waals surface area contributed by atoms with Gasteiger partial charge in [-0.25, -0.2) is 8.42 Å². The van der Waals surface area contributed by atoms with Crippen LogP contribution >= 0.6 is 11.6 Å². The number of halogens is 1. The van der Waals surface area contributed by atoms with Gasteiger partial charge in [-0.05, 0) is 60.9 Å². The first-order valence-corrected chi connectivity index (χ1v) is 11.3. The normalized spacial score (nSPS) is 13.4. The van der Waals surface area contributed by atoms with Crippen LogP contribution < -0.4 is 4.72 Å². The highest BCUT2D eigenvalue weighted by molar-refractivity contribution is 7.92. The predicted octanol–water partition coefficient (Wildman–Crippen LogP) is 3.68. The van der Waals surface area contributed by atoms with Gasteiger partial charge in [0.05, 0.1) is 21.2 Å². The standard InChI is InChI=1S/C22H18ClN3O4S/c1-14-4-9-19(18(23)13-14)25-31(29,30)16-7-5-15(6-8-16)10-12-26-21(27)17-3-2-11-24-20(17)22(26)28/h2-9,11,13,25H,10,12H2,1H3. The van der Waals surface area contributed by atoms with E-state index in [1.807, 2.05) is 6.92 Å². The van der Waals surface area contributed by atoms with Crippen molar-refractivity contribution in [2.75, 3.05) is 11.3 Å². The SMILES string of the molecule is Cc1ccc(NS(=O)(=O)c2ccc(CCN3C(=O)c4cccnc4C3=O)cc2)c(Cl)c1. The van der Waals surface area contributed by atoms with E-state index < -0.39 is 15.9 Å². The minimum Gasteiger partial charge on any atom is -0.278 e. The molecule has 9 heteroatoms. The number of nitrogens with zero attached hydrogens (tertiary/aromatic N) is 2. The molecule has 3 aromatic rings. The first-order chi connectivity index (χ1) is 14.8. The predicted molar refractivity (Wildman–Crippen MR) is 117 cm³/mol. The first-order valence-electron chi connectivity index (χ1n) is 9.45. The summed E-state index contributed by atoms with van der Waals surface area (Å²) in [5.41, 5.74) is 2.48. The Morgan fingerprint density at radius 1 is 1.03 bits per heavy atom. The number of carbonyl (C=O) groups is 2. The summed E-state index contributed by atoms with van der Waals surface area (Å²) >= 11 is 6.12. The van der Waals surface area contributed by atoms with E-state index in [4.69, 9.17) is 11.6 Å². The fraction of sp³-hybridized carbons (Fsp3) is 0.136. The third-order valence-electron chi connectivity index (χ3n) is 4.96. The number of hydrogen-bond donors (Lipinski definition) is 1. The van der Waals surface area contributed by atoms with Gasteiger partial charge in [0, 0.05) is 12.7 Å². The summed E-state index contributed by atoms with van der Waals surface area (Å²) in [5, 5.41) is 0.315. The van der Waals surface area contributed by atoms with Crippen LogP contribution in [0, 0.1) is 6.92 Å². The lowest BCUT2D eigenvalue weighted by molar-refractivity contribution is 0.0654. The topological polar surface area (TPSA) is 96.4 Å². The number of hydrogen-bond acceptors (Lipinski definition) is 5. The number of amides is 2. The average molecular weight is 456 g/mol. The summed E-state index contributed by atoms with van der Waals surface area (Å²) in [5.74, 6) is -0.787. The molecule has 1 aromatic heterocycles. The van der Waals surface area contributed by atoms with Gasteiger partial charge in [0.25, 0.3) is 21.8 Å². The van der Waals surface area contributed by atoms with Crippen molar-refractivity contribution in [2.45, 2.75) is 18.2 Å². The Morgan fingerprint density at radius 2 is 1.77 bits per heavy atom. The van der Waals surface area contributed by atoms with E-state index in [-0.39, 0.29) is 23.0 Å². The first kappa shape index (κ1) is 21.0. The Morgan fingerprint density at radius 3 is 2.45 bits per heavy atom. The molecule has 2 aromatic carbocycles. The molecule has 2 amide bonds. The second-order valence-corrected chi connectivity index (χ2v) is 9.23. The highest BCUT2D eigenvalue weighted by Crippen LogP contribution is 2.26. The number of rotatable bonds is 6. The third-order valence-corrected chi connectivity index (χ3v) is 6.65. The average Bonchev–Trinajstić information content (AvgIpc) is 2.99. The second-order valence-electron chi connectivity index (χ2n) is 7.14.